The summed E-state index contributed by atoms with van der Waals surface area (Å²) in [7, 11) is 0. The molecular formula is C14H9Br2ClO. The maximum Gasteiger partial charge on any atom is 0.215 e. The predicted octanol–water partition coefficient (Wildman–Crippen LogP) is 5.22. The third-order valence-electron chi connectivity index (χ3n) is 2.51. The van der Waals surface area contributed by atoms with Crippen LogP contribution in [0.4, 0.5) is 0 Å². The number of hydrogen-bond donors (Lipinski definition) is 0. The maximum atomic E-state index is 11.9. The smallest absolute Gasteiger partial charge is 0.215 e. The van der Waals surface area contributed by atoms with Gasteiger partial charge in [-0.1, -0.05) is 66.2 Å². The highest BCUT2D eigenvalue weighted by molar-refractivity contribution is 9.26. The van der Waals surface area contributed by atoms with Crippen LogP contribution in [0.1, 0.15) is 10.4 Å². The van der Waals surface area contributed by atoms with Crippen molar-refractivity contribution in [1.29, 1.82) is 0 Å². The molecule has 2 aromatic rings. The molecule has 2 aromatic carbocycles. The van der Waals surface area contributed by atoms with Crippen LogP contribution in [-0.2, 0) is 0 Å². The zero-order valence-corrected chi connectivity index (χ0v) is 13.2. The van der Waals surface area contributed by atoms with Gasteiger partial charge >= 0.3 is 0 Å². The number of halogens is 3. The van der Waals surface area contributed by atoms with E-state index in [1.54, 1.807) is 12.1 Å². The average molecular weight is 388 g/mol. The summed E-state index contributed by atoms with van der Waals surface area (Å²) < 4.78 is -1.23. The van der Waals surface area contributed by atoms with Gasteiger partial charge in [0.25, 0.3) is 0 Å². The summed E-state index contributed by atoms with van der Waals surface area (Å²) in [5, 5.41) is 0. The lowest BCUT2D eigenvalue weighted by Gasteiger charge is -2.10. The van der Waals surface area contributed by atoms with Crippen molar-refractivity contribution >= 4 is 49.2 Å². The Morgan fingerprint density at radius 2 is 1.39 bits per heavy atom. The molecule has 92 valence electrons. The van der Waals surface area contributed by atoms with Gasteiger partial charge < -0.3 is 0 Å². The van der Waals surface area contributed by atoms with E-state index >= 15 is 0 Å². The summed E-state index contributed by atoms with van der Waals surface area (Å²) in [4.78, 5) is 11.9. The topological polar surface area (TPSA) is 17.1 Å². The molecular weight excluding hydrogens is 379 g/mol. The van der Waals surface area contributed by atoms with Crippen LogP contribution in [0, 0.1) is 0 Å². The van der Waals surface area contributed by atoms with Gasteiger partial charge in [-0.05, 0) is 43.0 Å². The monoisotopic (exact) mass is 386 g/mol. The van der Waals surface area contributed by atoms with Crippen LogP contribution >= 0.6 is 43.5 Å². The van der Waals surface area contributed by atoms with Crippen molar-refractivity contribution in [3.63, 3.8) is 0 Å². The summed E-state index contributed by atoms with van der Waals surface area (Å²) in [6.07, 6.45) is 0. The SMILES string of the molecule is O=C(c1ccc(-c2ccccc2)cc1)C(Cl)(Br)Br. The van der Waals surface area contributed by atoms with E-state index in [2.05, 4.69) is 31.9 Å². The summed E-state index contributed by atoms with van der Waals surface area (Å²) in [5.41, 5.74) is 2.74. The number of hydrogen-bond acceptors (Lipinski definition) is 1. The molecule has 18 heavy (non-hydrogen) atoms. The maximum absolute atomic E-state index is 11.9. The molecule has 0 aromatic heterocycles. The molecule has 4 heteroatoms. The molecule has 0 aliphatic rings. The summed E-state index contributed by atoms with van der Waals surface area (Å²) in [6, 6.07) is 17.3. The fourth-order valence-electron chi connectivity index (χ4n) is 1.61. The van der Waals surface area contributed by atoms with Gasteiger partial charge in [0.15, 0.2) is 0 Å². The second-order valence-corrected chi connectivity index (χ2v) is 8.69. The molecule has 0 unspecified atom stereocenters. The minimum Gasteiger partial charge on any atom is -0.290 e. The van der Waals surface area contributed by atoms with E-state index in [-0.39, 0.29) is 5.78 Å². The van der Waals surface area contributed by atoms with Gasteiger partial charge in [0.2, 0.25) is 8.48 Å². The van der Waals surface area contributed by atoms with Crippen LogP contribution in [0.5, 0.6) is 0 Å². The highest BCUT2D eigenvalue weighted by atomic mass is 79.9. The van der Waals surface area contributed by atoms with Gasteiger partial charge in [-0.25, -0.2) is 0 Å². The van der Waals surface area contributed by atoms with E-state index in [0.29, 0.717) is 5.56 Å². The number of carbonyl (C=O) groups is 1. The first kappa shape index (κ1) is 13.8. The first-order valence-corrected chi connectivity index (χ1v) is 7.22. The fraction of sp³-hybridized carbons (Fsp3) is 0.0714. The van der Waals surface area contributed by atoms with Gasteiger partial charge in [-0.3, -0.25) is 4.79 Å². The van der Waals surface area contributed by atoms with Crippen molar-refractivity contribution in [2.75, 3.05) is 0 Å². The van der Waals surface area contributed by atoms with E-state index in [4.69, 9.17) is 11.6 Å². The number of benzene rings is 2. The Bertz CT molecular complexity index is 544. The van der Waals surface area contributed by atoms with Gasteiger partial charge in [-0.15, -0.1) is 0 Å². The lowest BCUT2D eigenvalue weighted by molar-refractivity contribution is 0.100. The minimum absolute atomic E-state index is 0.219. The third-order valence-corrected chi connectivity index (χ3v) is 3.40. The van der Waals surface area contributed by atoms with Gasteiger partial charge in [-0.2, -0.15) is 0 Å². The Kier molecular flexibility index (Phi) is 4.25. The molecule has 0 saturated heterocycles. The fourth-order valence-corrected chi connectivity index (χ4v) is 2.18. The molecule has 2 rings (SSSR count). The lowest BCUT2D eigenvalue weighted by Crippen LogP contribution is -2.17. The number of ketones is 1. The molecule has 0 bridgehead atoms. The van der Waals surface area contributed by atoms with E-state index in [0.717, 1.165) is 11.1 Å². The van der Waals surface area contributed by atoms with Crippen LogP contribution in [0.15, 0.2) is 54.6 Å². The van der Waals surface area contributed by atoms with Crippen molar-refractivity contribution in [3.8, 4) is 11.1 Å². The first-order valence-electron chi connectivity index (χ1n) is 5.25. The quantitative estimate of drug-likeness (QED) is 0.521. The molecule has 0 aliphatic carbocycles. The number of Topliss-reactive ketones (excluding diaryl/α,β-unsaturated/α-hetero) is 1. The zero-order valence-electron chi connectivity index (χ0n) is 9.24. The summed E-state index contributed by atoms with van der Waals surface area (Å²) in [6.45, 7) is 0. The Labute approximate surface area is 127 Å². The van der Waals surface area contributed by atoms with Gasteiger partial charge in [0.1, 0.15) is 0 Å². The molecule has 0 aliphatic heterocycles. The predicted molar refractivity (Wildman–Crippen MR) is 82.6 cm³/mol. The van der Waals surface area contributed by atoms with Crippen molar-refractivity contribution < 1.29 is 4.79 Å². The van der Waals surface area contributed by atoms with E-state index in [1.165, 1.54) is 0 Å². The van der Waals surface area contributed by atoms with Gasteiger partial charge in [0, 0.05) is 5.56 Å². The van der Waals surface area contributed by atoms with Crippen LogP contribution in [0.2, 0.25) is 0 Å². The van der Waals surface area contributed by atoms with Crippen molar-refractivity contribution in [3.05, 3.63) is 60.2 Å². The van der Waals surface area contributed by atoms with Crippen molar-refractivity contribution in [2.45, 2.75) is 2.69 Å². The Hall–Kier alpha value is -0.640. The molecule has 0 spiro atoms. The highest BCUT2D eigenvalue weighted by Crippen LogP contribution is 2.35. The first-order chi connectivity index (χ1) is 8.48. The average Bonchev–Trinajstić information content (AvgIpc) is 2.38. The lowest BCUT2D eigenvalue weighted by atomic mass is 10.0. The third kappa shape index (κ3) is 3.22. The number of rotatable bonds is 3. The molecule has 0 atom stereocenters. The van der Waals surface area contributed by atoms with E-state index in [9.17, 15) is 4.79 Å². The molecule has 0 radical (unpaired) electrons. The largest absolute Gasteiger partial charge is 0.290 e. The summed E-state index contributed by atoms with van der Waals surface area (Å²) >= 11 is 12.0. The second kappa shape index (κ2) is 5.55. The number of alkyl halides is 3. The van der Waals surface area contributed by atoms with Crippen LogP contribution in [0.3, 0.4) is 0 Å². The molecule has 0 amide bonds. The number of carbonyl (C=O) groups excluding carboxylic acids is 1. The van der Waals surface area contributed by atoms with Gasteiger partial charge in [0.05, 0.1) is 0 Å². The minimum atomic E-state index is -1.23. The molecule has 0 heterocycles. The molecule has 0 N–H and O–H groups in total. The molecule has 0 fully saturated rings. The second-order valence-electron chi connectivity index (χ2n) is 3.77. The Balaban J connectivity index is 2.29. The molecule has 1 nitrogen and oxygen atoms in total. The van der Waals surface area contributed by atoms with E-state index < -0.39 is 2.69 Å². The standard InChI is InChI=1S/C14H9Br2ClO/c15-14(16,17)13(18)12-8-6-11(7-9-12)10-4-2-1-3-5-10/h1-9H. The van der Waals surface area contributed by atoms with Crippen LogP contribution in [-0.4, -0.2) is 8.48 Å². The highest BCUT2D eigenvalue weighted by Gasteiger charge is 2.30. The van der Waals surface area contributed by atoms with Crippen LogP contribution < -0.4 is 0 Å². The van der Waals surface area contributed by atoms with Crippen LogP contribution in [0.25, 0.3) is 11.1 Å². The molecule has 0 saturated carbocycles. The van der Waals surface area contributed by atoms with Crippen molar-refractivity contribution in [1.82, 2.24) is 0 Å². The summed E-state index contributed by atoms with van der Waals surface area (Å²) in [5.74, 6) is -0.219. The van der Waals surface area contributed by atoms with E-state index in [1.807, 2.05) is 42.5 Å². The Morgan fingerprint density at radius 3 is 1.89 bits per heavy atom. The van der Waals surface area contributed by atoms with Crippen molar-refractivity contribution in [2.24, 2.45) is 0 Å². The Morgan fingerprint density at radius 1 is 0.889 bits per heavy atom. The normalized spacial score (nSPS) is 11.3. The zero-order chi connectivity index (χ0) is 13.2.